The number of fused-ring (bicyclic) bond motifs is 2. The molecule has 38 heavy (non-hydrogen) atoms. The summed E-state index contributed by atoms with van der Waals surface area (Å²) >= 11 is 0. The summed E-state index contributed by atoms with van der Waals surface area (Å²) in [6.45, 7) is 16.0. The number of rotatable bonds is 0. The Balaban J connectivity index is 0.000000246. The second-order valence-corrected chi connectivity index (χ2v) is 9.79. The maximum absolute atomic E-state index is 3.72. The van der Waals surface area contributed by atoms with E-state index in [0.29, 0.717) is 0 Å². The summed E-state index contributed by atoms with van der Waals surface area (Å²) in [6, 6.07) is 45.4. The van der Waals surface area contributed by atoms with Gasteiger partial charge in [0.2, 0.25) is 0 Å². The smallest absolute Gasteiger partial charge is 0.199 e. The van der Waals surface area contributed by atoms with E-state index in [1.165, 1.54) is 32.7 Å². The van der Waals surface area contributed by atoms with E-state index < -0.39 is 0 Å². The van der Waals surface area contributed by atoms with E-state index >= 15 is 0 Å². The minimum absolute atomic E-state index is 0. The van der Waals surface area contributed by atoms with Crippen molar-refractivity contribution in [3.05, 3.63) is 170 Å². The van der Waals surface area contributed by atoms with Gasteiger partial charge in [0, 0.05) is 9.52 Å². The summed E-state index contributed by atoms with van der Waals surface area (Å²) < 4.78 is 0. The van der Waals surface area contributed by atoms with E-state index in [9.17, 15) is 0 Å². The van der Waals surface area contributed by atoms with Gasteiger partial charge in [-0.05, 0) is 0 Å². The molecule has 6 aromatic carbocycles. The molecule has 0 saturated heterocycles. The molecule has 6 rings (SSSR count). The minimum atomic E-state index is 0. The molecular weight excluding hydrogens is 552 g/mol. The Bertz CT molecular complexity index is 1220. The van der Waals surface area contributed by atoms with Gasteiger partial charge >= 0.3 is 26.2 Å². The Morgan fingerprint density at radius 2 is 0.789 bits per heavy atom. The largest absolute Gasteiger partial charge is 4.00 e. The minimum Gasteiger partial charge on any atom is -0.199 e. The molecule has 0 N–H and O–H groups in total. The van der Waals surface area contributed by atoms with Crippen LogP contribution in [0.25, 0.3) is 21.5 Å². The molecule has 0 heterocycles. The summed E-state index contributed by atoms with van der Waals surface area (Å²) in [4.78, 5) is 0. The van der Waals surface area contributed by atoms with Crippen LogP contribution in [0.15, 0.2) is 133 Å². The van der Waals surface area contributed by atoms with Crippen LogP contribution < -0.4 is 0 Å². The fourth-order valence-electron chi connectivity index (χ4n) is 3.57. The molecule has 0 amide bonds. The maximum Gasteiger partial charge on any atom is 4.00 e. The number of aryl methyl sites for hydroxylation is 2. The van der Waals surface area contributed by atoms with Crippen LogP contribution in [0.1, 0.15) is 22.3 Å². The van der Waals surface area contributed by atoms with Gasteiger partial charge < -0.3 is 0 Å². The third-order valence-corrected chi connectivity index (χ3v) is 5.21. The van der Waals surface area contributed by atoms with Gasteiger partial charge in [0.15, 0.2) is 0 Å². The van der Waals surface area contributed by atoms with Crippen molar-refractivity contribution in [3.8, 4) is 0 Å². The van der Waals surface area contributed by atoms with E-state index in [1.807, 2.05) is 60.7 Å². The molecule has 2 heteroatoms. The van der Waals surface area contributed by atoms with E-state index in [1.54, 1.807) is 0 Å². The van der Waals surface area contributed by atoms with Crippen LogP contribution in [0.2, 0.25) is 13.1 Å². The van der Waals surface area contributed by atoms with Crippen molar-refractivity contribution < 1.29 is 26.2 Å². The molecule has 0 aliphatic rings. The van der Waals surface area contributed by atoms with Crippen molar-refractivity contribution >= 4 is 31.1 Å². The SMILES string of the molecule is C[Si]C.Cc1cc2ccccc2[cH-]1.Cc1cc2ccccc2[cH-]1.[CH2-]c1ccccc1.[CH2-]c1ccccc1.[Zr+4]. The second kappa shape index (κ2) is 19.1. The first kappa shape index (κ1) is 33.0. The Morgan fingerprint density at radius 1 is 0.500 bits per heavy atom. The van der Waals surface area contributed by atoms with Crippen LogP contribution in [0.5, 0.6) is 0 Å². The Morgan fingerprint density at radius 3 is 1.05 bits per heavy atom. The third kappa shape index (κ3) is 13.0. The van der Waals surface area contributed by atoms with Crippen molar-refractivity contribution in [1.29, 1.82) is 0 Å². The maximum atomic E-state index is 3.72. The van der Waals surface area contributed by atoms with Gasteiger partial charge in [0.25, 0.3) is 0 Å². The Labute approximate surface area is 252 Å². The standard InChI is InChI=1S/2C10H9.2C7H7.C2H6Si.Zr/c2*1-8-6-9-4-2-3-5-10(9)7-8;2*1-7-5-3-2-4-6-7;1-3-2;/h2*2-7H,1H3;2*2-6H,1H2;1-2H3;/q4*-1;;+4. The molecule has 0 aliphatic heterocycles. The third-order valence-electron chi connectivity index (χ3n) is 5.21. The zero-order valence-electron chi connectivity index (χ0n) is 23.1. The van der Waals surface area contributed by atoms with Crippen LogP contribution in [0.4, 0.5) is 0 Å². The van der Waals surface area contributed by atoms with Gasteiger partial charge in [-0.15, -0.1) is 105 Å². The number of benzene rings is 4. The number of hydrogen-bond donors (Lipinski definition) is 0. The summed E-state index contributed by atoms with van der Waals surface area (Å²) in [5.41, 5.74) is 4.84. The first-order valence-corrected chi connectivity index (χ1v) is 14.5. The Hall–Kier alpha value is -3.06. The molecule has 0 fully saturated rings. The molecule has 0 aromatic heterocycles. The van der Waals surface area contributed by atoms with E-state index in [2.05, 4.69) is 114 Å². The van der Waals surface area contributed by atoms with Crippen LogP contribution >= 0.6 is 0 Å². The molecule has 0 saturated carbocycles. The summed E-state index contributed by atoms with van der Waals surface area (Å²) in [7, 11) is 1.08. The van der Waals surface area contributed by atoms with Gasteiger partial charge in [-0.3, -0.25) is 0 Å². The van der Waals surface area contributed by atoms with Crippen molar-refractivity contribution in [1.82, 2.24) is 0 Å². The molecule has 0 spiro atoms. The van der Waals surface area contributed by atoms with Crippen LogP contribution in [-0.4, -0.2) is 9.52 Å². The topological polar surface area (TPSA) is 0 Å². The van der Waals surface area contributed by atoms with Gasteiger partial charge in [-0.2, -0.15) is 61.4 Å². The molecule has 0 bridgehead atoms. The zero-order valence-corrected chi connectivity index (χ0v) is 26.6. The van der Waals surface area contributed by atoms with E-state index in [-0.39, 0.29) is 26.2 Å². The van der Waals surface area contributed by atoms with Crippen molar-refractivity contribution in [3.63, 3.8) is 0 Å². The first-order chi connectivity index (χ1) is 17.9. The molecule has 2 radical (unpaired) electrons. The molecule has 190 valence electrons. The van der Waals surface area contributed by atoms with Gasteiger partial charge in [0.1, 0.15) is 0 Å². The van der Waals surface area contributed by atoms with Crippen LogP contribution in [0.3, 0.4) is 0 Å². The molecular formula is C36H38SiZr. The van der Waals surface area contributed by atoms with Crippen LogP contribution in [0, 0.1) is 27.7 Å². The molecule has 6 aromatic rings. The summed E-state index contributed by atoms with van der Waals surface area (Å²) in [5, 5.41) is 5.39. The molecule has 0 atom stereocenters. The quantitative estimate of drug-likeness (QED) is 0.122. The number of hydrogen-bond acceptors (Lipinski definition) is 0. The second-order valence-electron chi connectivity index (χ2n) is 8.79. The normalized spacial score (nSPS) is 9.16. The van der Waals surface area contributed by atoms with Crippen molar-refractivity contribution in [2.75, 3.05) is 0 Å². The van der Waals surface area contributed by atoms with Gasteiger partial charge in [0.05, 0.1) is 0 Å². The molecule has 0 nitrogen and oxygen atoms in total. The van der Waals surface area contributed by atoms with Crippen LogP contribution in [-0.2, 0) is 26.2 Å². The average Bonchev–Trinajstić information content (AvgIpc) is 3.47. The van der Waals surface area contributed by atoms with Crippen molar-refractivity contribution in [2.24, 2.45) is 0 Å². The predicted octanol–water partition coefficient (Wildman–Crippen LogP) is 10.3. The molecule has 0 unspecified atom stereocenters. The Kier molecular flexibility index (Phi) is 16.5. The van der Waals surface area contributed by atoms with E-state index in [0.717, 1.165) is 20.6 Å². The first-order valence-electron chi connectivity index (χ1n) is 12.5. The van der Waals surface area contributed by atoms with Gasteiger partial charge in [-0.25, -0.2) is 0 Å². The average molecular weight is 590 g/mol. The predicted molar refractivity (Wildman–Crippen MR) is 168 cm³/mol. The summed E-state index contributed by atoms with van der Waals surface area (Å²) in [5.74, 6) is 0. The fourth-order valence-corrected chi connectivity index (χ4v) is 3.57. The monoisotopic (exact) mass is 588 g/mol. The van der Waals surface area contributed by atoms with Gasteiger partial charge in [-0.1, -0.05) is 51.2 Å². The molecule has 0 aliphatic carbocycles. The van der Waals surface area contributed by atoms with E-state index in [4.69, 9.17) is 0 Å². The summed E-state index contributed by atoms with van der Waals surface area (Å²) in [6.07, 6.45) is 0. The zero-order chi connectivity index (χ0) is 26.9. The van der Waals surface area contributed by atoms with Crippen molar-refractivity contribution in [2.45, 2.75) is 26.9 Å². The fraction of sp³-hybridized carbons (Fsp3) is 0.111.